The van der Waals surface area contributed by atoms with Gasteiger partial charge in [-0.1, -0.05) is 0 Å². The molecule has 11 nitrogen and oxygen atoms in total. The number of amides is 1. The Morgan fingerprint density at radius 2 is 1.74 bits per heavy atom. The van der Waals surface area contributed by atoms with Crippen LogP contribution >= 0.6 is 0 Å². The van der Waals surface area contributed by atoms with E-state index in [0.717, 1.165) is 35.6 Å². The van der Waals surface area contributed by atoms with Crippen LogP contribution < -0.4 is 35.5 Å². The smallest absolute Gasteiger partial charge is 0.335 e. The SMILES string of the molecule is COc1cc2nccc(Oc3ccc(NC(=O)c4cn(CC5CC5)c(=O)n(-c5ccc(F)cc5)c4=O)cc3F)c2c2c1OCCO2. The van der Waals surface area contributed by atoms with Crippen molar-refractivity contribution in [2.45, 2.75) is 19.4 Å². The summed E-state index contributed by atoms with van der Waals surface area (Å²) in [5.74, 6) is -0.655. The van der Waals surface area contributed by atoms with Crippen molar-refractivity contribution in [3.8, 4) is 34.4 Å². The highest BCUT2D eigenvalue weighted by Crippen LogP contribution is 2.48. The van der Waals surface area contributed by atoms with Crippen LogP contribution in [0.5, 0.6) is 28.7 Å². The van der Waals surface area contributed by atoms with Crippen LogP contribution in [-0.4, -0.2) is 40.3 Å². The van der Waals surface area contributed by atoms with Gasteiger partial charge in [-0.05, 0) is 61.2 Å². The molecule has 3 heterocycles. The van der Waals surface area contributed by atoms with E-state index in [2.05, 4.69) is 10.3 Å². The second-order valence-corrected chi connectivity index (χ2v) is 10.9. The quantitative estimate of drug-likeness (QED) is 0.253. The summed E-state index contributed by atoms with van der Waals surface area (Å²) in [6, 6.07) is 11.8. The van der Waals surface area contributed by atoms with Gasteiger partial charge >= 0.3 is 5.69 Å². The number of benzene rings is 3. The number of fused-ring (bicyclic) bond motifs is 3. The van der Waals surface area contributed by atoms with Gasteiger partial charge in [0, 0.05) is 36.8 Å². The molecule has 1 saturated carbocycles. The summed E-state index contributed by atoms with van der Waals surface area (Å²) in [6.07, 6.45) is 4.55. The molecule has 1 amide bonds. The average Bonchev–Trinajstić information content (AvgIpc) is 3.88. The van der Waals surface area contributed by atoms with Crippen molar-refractivity contribution < 1.29 is 32.5 Å². The van der Waals surface area contributed by atoms with Crippen LogP contribution in [0.25, 0.3) is 16.6 Å². The summed E-state index contributed by atoms with van der Waals surface area (Å²) in [4.78, 5) is 44.3. The van der Waals surface area contributed by atoms with E-state index in [1.165, 1.54) is 48.3 Å². The summed E-state index contributed by atoms with van der Waals surface area (Å²) in [6.45, 7) is 0.937. The zero-order valence-corrected chi connectivity index (χ0v) is 24.4. The summed E-state index contributed by atoms with van der Waals surface area (Å²) in [7, 11) is 1.50. The Morgan fingerprint density at radius 3 is 2.46 bits per heavy atom. The normalized spacial score (nSPS) is 13.8. The fraction of sp³-hybridized carbons (Fsp3) is 0.212. The first-order valence-corrected chi connectivity index (χ1v) is 14.5. The fourth-order valence-electron chi connectivity index (χ4n) is 5.27. The average molecular weight is 629 g/mol. The molecule has 0 spiro atoms. The Balaban J connectivity index is 1.19. The molecule has 2 aliphatic rings. The minimum atomic E-state index is -0.891. The number of aromatic nitrogens is 3. The van der Waals surface area contributed by atoms with Crippen molar-refractivity contribution in [1.29, 1.82) is 0 Å². The number of hydrogen-bond acceptors (Lipinski definition) is 8. The summed E-state index contributed by atoms with van der Waals surface area (Å²) >= 11 is 0. The third-order valence-corrected chi connectivity index (χ3v) is 7.71. The maximum absolute atomic E-state index is 15.4. The number of halogens is 2. The van der Waals surface area contributed by atoms with Crippen LogP contribution in [0, 0.1) is 17.6 Å². The van der Waals surface area contributed by atoms with E-state index < -0.39 is 28.8 Å². The zero-order valence-electron chi connectivity index (χ0n) is 24.4. The lowest BCUT2D eigenvalue weighted by atomic mass is 10.1. The maximum atomic E-state index is 15.4. The van der Waals surface area contributed by atoms with Crippen molar-refractivity contribution in [2.24, 2.45) is 5.92 Å². The third kappa shape index (κ3) is 5.40. The van der Waals surface area contributed by atoms with Crippen molar-refractivity contribution in [3.05, 3.63) is 105 Å². The molecule has 0 saturated heterocycles. The Labute approximate surface area is 259 Å². The van der Waals surface area contributed by atoms with E-state index in [0.29, 0.717) is 47.9 Å². The largest absolute Gasteiger partial charge is 0.493 e. The molecule has 1 fully saturated rings. The van der Waals surface area contributed by atoms with Crippen molar-refractivity contribution in [3.63, 3.8) is 0 Å². The Morgan fingerprint density at radius 1 is 0.978 bits per heavy atom. The van der Waals surface area contributed by atoms with E-state index in [4.69, 9.17) is 18.9 Å². The number of ether oxygens (including phenoxy) is 4. The highest BCUT2D eigenvalue weighted by molar-refractivity contribution is 6.04. The Hall–Kier alpha value is -5.72. The second-order valence-electron chi connectivity index (χ2n) is 10.9. The molecule has 7 rings (SSSR count). The first kappa shape index (κ1) is 29.0. The molecule has 0 unspecified atom stereocenters. The number of nitrogens with zero attached hydrogens (tertiary/aromatic N) is 3. The zero-order chi connectivity index (χ0) is 31.9. The number of anilines is 1. The molecule has 234 valence electrons. The van der Waals surface area contributed by atoms with E-state index in [-0.39, 0.29) is 34.4 Å². The molecule has 0 atom stereocenters. The molecule has 1 aliphatic heterocycles. The number of pyridine rings is 1. The molecule has 0 bridgehead atoms. The summed E-state index contributed by atoms with van der Waals surface area (Å²) in [5.41, 5.74) is -1.23. The minimum absolute atomic E-state index is 0.0426. The number of carbonyl (C=O) groups excluding carboxylic acids is 1. The lowest BCUT2D eigenvalue weighted by Crippen LogP contribution is -2.42. The predicted molar refractivity (Wildman–Crippen MR) is 163 cm³/mol. The van der Waals surface area contributed by atoms with Gasteiger partial charge in [0.1, 0.15) is 30.3 Å². The predicted octanol–water partition coefficient (Wildman–Crippen LogP) is 5.06. The first-order chi connectivity index (χ1) is 22.3. The fourth-order valence-corrected chi connectivity index (χ4v) is 5.27. The monoisotopic (exact) mass is 628 g/mol. The molecule has 2 aromatic heterocycles. The molecule has 0 radical (unpaired) electrons. The standard InChI is InChI=1S/C33H26F2N4O7/c1-43-27-15-24-28(30-29(27)44-12-13-45-30)26(10-11-36-24)46-25-9-6-20(14-23(25)35)37-31(40)22-17-38(16-18-2-3-18)33(42)39(32(22)41)21-7-4-19(34)5-8-21/h4-11,14-15,17-18H,2-3,12-13,16H2,1H3,(H,37,40). The molecule has 46 heavy (non-hydrogen) atoms. The van der Waals surface area contributed by atoms with Gasteiger partial charge in [-0.2, -0.15) is 0 Å². The highest BCUT2D eigenvalue weighted by Gasteiger charge is 2.27. The van der Waals surface area contributed by atoms with Gasteiger partial charge in [0.05, 0.1) is 23.7 Å². The van der Waals surface area contributed by atoms with Crippen LogP contribution in [-0.2, 0) is 6.54 Å². The Kier molecular flexibility index (Phi) is 7.35. The van der Waals surface area contributed by atoms with Gasteiger partial charge in [0.15, 0.2) is 23.1 Å². The molecule has 5 aromatic rings. The molecule has 13 heteroatoms. The molecule has 1 N–H and O–H groups in total. The van der Waals surface area contributed by atoms with Gasteiger partial charge in [-0.25, -0.2) is 18.1 Å². The van der Waals surface area contributed by atoms with E-state index >= 15 is 4.39 Å². The van der Waals surface area contributed by atoms with Gasteiger partial charge in [0.2, 0.25) is 5.75 Å². The highest BCUT2D eigenvalue weighted by atomic mass is 19.1. The number of nitrogens with one attached hydrogen (secondary N) is 1. The minimum Gasteiger partial charge on any atom is -0.493 e. The van der Waals surface area contributed by atoms with Crippen LogP contribution in [0.2, 0.25) is 0 Å². The van der Waals surface area contributed by atoms with E-state index in [1.807, 2.05) is 0 Å². The van der Waals surface area contributed by atoms with Crippen molar-refractivity contribution >= 4 is 22.5 Å². The number of hydrogen-bond donors (Lipinski definition) is 1. The topological polar surface area (TPSA) is 123 Å². The van der Waals surface area contributed by atoms with E-state index in [1.54, 1.807) is 12.1 Å². The van der Waals surface area contributed by atoms with E-state index in [9.17, 15) is 18.8 Å². The molecule has 3 aromatic carbocycles. The number of rotatable bonds is 8. The number of methoxy groups -OCH3 is 1. The molecular weight excluding hydrogens is 602 g/mol. The summed E-state index contributed by atoms with van der Waals surface area (Å²) < 4.78 is 54.1. The van der Waals surface area contributed by atoms with Crippen molar-refractivity contribution in [1.82, 2.24) is 14.1 Å². The first-order valence-electron chi connectivity index (χ1n) is 14.5. The van der Waals surface area contributed by atoms with Crippen LogP contribution in [0.1, 0.15) is 23.2 Å². The number of carbonyl (C=O) groups is 1. The van der Waals surface area contributed by atoms with Gasteiger partial charge in [-0.15, -0.1) is 0 Å². The lowest BCUT2D eigenvalue weighted by Gasteiger charge is -2.23. The van der Waals surface area contributed by atoms with Crippen LogP contribution in [0.4, 0.5) is 14.5 Å². The summed E-state index contributed by atoms with van der Waals surface area (Å²) in [5, 5.41) is 3.00. The maximum Gasteiger partial charge on any atom is 0.335 e. The van der Waals surface area contributed by atoms with Crippen LogP contribution in [0.15, 0.2) is 76.6 Å². The Bertz CT molecular complexity index is 2120. The van der Waals surface area contributed by atoms with Gasteiger partial charge in [0.25, 0.3) is 11.5 Å². The van der Waals surface area contributed by atoms with Gasteiger partial charge in [-0.3, -0.25) is 19.1 Å². The van der Waals surface area contributed by atoms with Crippen molar-refractivity contribution in [2.75, 3.05) is 25.6 Å². The van der Waals surface area contributed by atoms with Gasteiger partial charge < -0.3 is 24.3 Å². The molecular formula is C33H26F2N4O7. The molecule has 1 aliphatic carbocycles. The second kappa shape index (κ2) is 11.7. The third-order valence-electron chi connectivity index (χ3n) is 7.71. The van der Waals surface area contributed by atoms with Crippen LogP contribution in [0.3, 0.4) is 0 Å². The lowest BCUT2D eigenvalue weighted by molar-refractivity contribution is 0.102.